The van der Waals surface area contributed by atoms with Crippen molar-refractivity contribution in [1.29, 1.82) is 0 Å². The van der Waals surface area contributed by atoms with Crippen LogP contribution in [0.5, 0.6) is 0 Å². The molecule has 2 N–H and O–H groups in total. The summed E-state index contributed by atoms with van der Waals surface area (Å²) >= 11 is 0. The zero-order valence-electron chi connectivity index (χ0n) is 17.3. The van der Waals surface area contributed by atoms with Gasteiger partial charge in [-0.05, 0) is 58.4 Å². The lowest BCUT2D eigenvalue weighted by molar-refractivity contribution is 0.0686. The highest BCUT2D eigenvalue weighted by molar-refractivity contribution is 6.03. The Labute approximate surface area is 176 Å². The van der Waals surface area contributed by atoms with Crippen LogP contribution in [-0.4, -0.2) is 22.2 Å². The third-order valence-electron chi connectivity index (χ3n) is 5.21. The average molecular weight is 402 g/mol. The van der Waals surface area contributed by atoms with Gasteiger partial charge in [-0.2, -0.15) is 0 Å². The maximum absolute atomic E-state index is 12.0. The van der Waals surface area contributed by atoms with Gasteiger partial charge < -0.3 is 10.2 Å². The second-order valence-corrected chi connectivity index (χ2v) is 7.38. The molecule has 0 amide bonds. The monoisotopic (exact) mass is 402 g/mol. The Morgan fingerprint density at radius 1 is 0.700 bits per heavy atom. The lowest BCUT2D eigenvalue weighted by atomic mass is 9.83. The minimum Gasteiger partial charge on any atom is -0.478 e. The topological polar surface area (TPSA) is 74.6 Å². The predicted molar refractivity (Wildman–Crippen MR) is 119 cm³/mol. The third kappa shape index (κ3) is 4.28. The number of carboxylic acid groups (broad SMARTS) is 2. The van der Waals surface area contributed by atoms with Gasteiger partial charge in [-0.1, -0.05) is 75.2 Å². The van der Waals surface area contributed by atoms with Crippen molar-refractivity contribution >= 4 is 11.9 Å². The van der Waals surface area contributed by atoms with E-state index in [9.17, 15) is 19.8 Å². The van der Waals surface area contributed by atoms with Crippen molar-refractivity contribution in [2.75, 3.05) is 0 Å². The first-order valence-electron chi connectivity index (χ1n) is 10.3. The molecule has 0 heterocycles. The fourth-order valence-corrected chi connectivity index (χ4v) is 3.99. The van der Waals surface area contributed by atoms with Crippen LogP contribution in [0.4, 0.5) is 0 Å². The number of aromatic carboxylic acids is 2. The molecule has 0 saturated heterocycles. The number of carbonyl (C=O) groups is 2. The molecule has 3 rings (SSSR count). The zero-order valence-corrected chi connectivity index (χ0v) is 17.3. The lowest BCUT2D eigenvalue weighted by Gasteiger charge is -2.20. The van der Waals surface area contributed by atoms with Crippen LogP contribution in [0.15, 0.2) is 60.7 Å². The van der Waals surface area contributed by atoms with Gasteiger partial charge in [0.1, 0.15) is 0 Å². The quantitative estimate of drug-likeness (QED) is 0.462. The molecule has 0 fully saturated rings. The molecule has 0 aliphatic rings. The molecule has 0 spiro atoms. The highest BCUT2D eigenvalue weighted by Crippen LogP contribution is 2.40. The Bertz CT molecular complexity index is 1080. The van der Waals surface area contributed by atoms with Crippen molar-refractivity contribution in [3.63, 3.8) is 0 Å². The van der Waals surface area contributed by atoms with Gasteiger partial charge in [0.25, 0.3) is 0 Å². The largest absolute Gasteiger partial charge is 0.478 e. The van der Waals surface area contributed by atoms with Crippen LogP contribution in [0.25, 0.3) is 22.3 Å². The van der Waals surface area contributed by atoms with Crippen LogP contribution >= 0.6 is 0 Å². The van der Waals surface area contributed by atoms with Crippen LogP contribution in [-0.2, 0) is 12.8 Å². The highest BCUT2D eigenvalue weighted by atomic mass is 16.4. The molecule has 0 atom stereocenters. The van der Waals surface area contributed by atoms with Crippen molar-refractivity contribution in [2.45, 2.75) is 39.5 Å². The van der Waals surface area contributed by atoms with Crippen LogP contribution in [0.1, 0.15) is 58.5 Å². The predicted octanol–water partition coefficient (Wildman–Crippen LogP) is 6.32. The normalized spacial score (nSPS) is 10.7. The molecular formula is C26H26O4. The standard InChI is InChI=1S/C26H26O4/c1-3-9-17-15-18(10-4-2)24(20-12-6-8-14-22(20)26(29)30)23(16-17)19-11-5-7-13-21(19)25(27)28/h5-8,11-16H,3-4,9-10H2,1-2H3,(H,27,28)(H,29,30). The van der Waals surface area contributed by atoms with Gasteiger partial charge in [0.05, 0.1) is 11.1 Å². The van der Waals surface area contributed by atoms with Gasteiger partial charge in [0.2, 0.25) is 0 Å². The van der Waals surface area contributed by atoms with E-state index in [1.807, 2.05) is 24.3 Å². The minimum atomic E-state index is -0.999. The molecule has 3 aromatic carbocycles. The molecule has 30 heavy (non-hydrogen) atoms. The minimum absolute atomic E-state index is 0.211. The Morgan fingerprint density at radius 2 is 1.23 bits per heavy atom. The summed E-state index contributed by atoms with van der Waals surface area (Å²) in [5.41, 5.74) is 5.41. The average Bonchev–Trinajstić information content (AvgIpc) is 2.74. The number of aryl methyl sites for hydroxylation is 2. The molecule has 4 heteroatoms. The molecule has 0 saturated carbocycles. The van der Waals surface area contributed by atoms with Crippen molar-refractivity contribution < 1.29 is 19.8 Å². The van der Waals surface area contributed by atoms with E-state index in [1.165, 1.54) is 0 Å². The molecule has 0 bridgehead atoms. The lowest BCUT2D eigenvalue weighted by Crippen LogP contribution is -2.05. The maximum atomic E-state index is 12.0. The Morgan fingerprint density at radius 3 is 1.80 bits per heavy atom. The van der Waals surface area contributed by atoms with E-state index >= 15 is 0 Å². The molecular weight excluding hydrogens is 376 g/mol. The Kier molecular flexibility index (Phi) is 6.68. The van der Waals surface area contributed by atoms with Gasteiger partial charge in [-0.3, -0.25) is 0 Å². The van der Waals surface area contributed by atoms with E-state index in [1.54, 1.807) is 30.3 Å². The molecule has 0 aliphatic carbocycles. The van der Waals surface area contributed by atoms with E-state index in [0.717, 1.165) is 47.9 Å². The fourth-order valence-electron chi connectivity index (χ4n) is 3.99. The fraction of sp³-hybridized carbons (Fsp3) is 0.231. The molecule has 0 aliphatic heterocycles. The SMILES string of the molecule is CCCc1cc(CCC)c(-c2ccccc2C(=O)O)c(-c2ccccc2C(=O)O)c1. The van der Waals surface area contributed by atoms with Crippen LogP contribution in [0.2, 0.25) is 0 Å². The van der Waals surface area contributed by atoms with E-state index in [-0.39, 0.29) is 11.1 Å². The maximum Gasteiger partial charge on any atom is 0.336 e. The van der Waals surface area contributed by atoms with Gasteiger partial charge in [-0.25, -0.2) is 9.59 Å². The molecule has 0 radical (unpaired) electrons. The highest BCUT2D eigenvalue weighted by Gasteiger charge is 2.22. The van der Waals surface area contributed by atoms with Crippen molar-refractivity contribution in [2.24, 2.45) is 0 Å². The van der Waals surface area contributed by atoms with Crippen LogP contribution in [0, 0.1) is 0 Å². The third-order valence-corrected chi connectivity index (χ3v) is 5.21. The summed E-state index contributed by atoms with van der Waals surface area (Å²) in [5, 5.41) is 19.6. The van der Waals surface area contributed by atoms with Gasteiger partial charge >= 0.3 is 11.9 Å². The van der Waals surface area contributed by atoms with Crippen molar-refractivity contribution in [1.82, 2.24) is 0 Å². The van der Waals surface area contributed by atoms with Gasteiger partial charge in [-0.15, -0.1) is 0 Å². The number of carboxylic acids is 2. The van der Waals surface area contributed by atoms with E-state index in [4.69, 9.17) is 0 Å². The number of hydrogen-bond donors (Lipinski definition) is 2. The number of benzene rings is 3. The molecule has 4 nitrogen and oxygen atoms in total. The summed E-state index contributed by atoms with van der Waals surface area (Å²) in [6.45, 7) is 4.20. The first-order chi connectivity index (χ1) is 14.5. The summed E-state index contributed by atoms with van der Waals surface area (Å²) in [6.07, 6.45) is 3.53. The number of hydrogen-bond acceptors (Lipinski definition) is 2. The van der Waals surface area contributed by atoms with Crippen LogP contribution in [0.3, 0.4) is 0 Å². The van der Waals surface area contributed by atoms with Crippen molar-refractivity contribution in [3.8, 4) is 22.3 Å². The van der Waals surface area contributed by atoms with Gasteiger partial charge in [0.15, 0.2) is 0 Å². The summed E-state index contributed by atoms with van der Waals surface area (Å²) in [5.74, 6) is -2.00. The summed E-state index contributed by atoms with van der Waals surface area (Å²) in [6, 6.07) is 18.0. The summed E-state index contributed by atoms with van der Waals surface area (Å²) in [4.78, 5) is 23.9. The first-order valence-corrected chi connectivity index (χ1v) is 10.3. The second-order valence-electron chi connectivity index (χ2n) is 7.38. The van der Waals surface area contributed by atoms with Crippen molar-refractivity contribution in [3.05, 3.63) is 82.9 Å². The zero-order chi connectivity index (χ0) is 21.7. The van der Waals surface area contributed by atoms with Gasteiger partial charge in [0, 0.05) is 0 Å². The second kappa shape index (κ2) is 9.40. The first kappa shape index (κ1) is 21.3. The summed E-state index contributed by atoms with van der Waals surface area (Å²) in [7, 11) is 0. The summed E-state index contributed by atoms with van der Waals surface area (Å²) < 4.78 is 0. The Hall–Kier alpha value is -3.40. The number of rotatable bonds is 8. The molecule has 0 unspecified atom stereocenters. The smallest absolute Gasteiger partial charge is 0.336 e. The molecule has 0 aromatic heterocycles. The van der Waals surface area contributed by atoms with E-state index < -0.39 is 11.9 Å². The van der Waals surface area contributed by atoms with E-state index in [2.05, 4.69) is 19.9 Å². The molecule has 3 aromatic rings. The van der Waals surface area contributed by atoms with E-state index in [0.29, 0.717) is 11.1 Å². The molecule has 154 valence electrons. The Balaban J connectivity index is 2.44. The van der Waals surface area contributed by atoms with Crippen LogP contribution < -0.4 is 0 Å².